The molecule has 2 amide bonds. The van der Waals surface area contributed by atoms with Crippen LogP contribution in [0.15, 0.2) is 30.6 Å². The third-order valence-corrected chi connectivity index (χ3v) is 7.97. The van der Waals surface area contributed by atoms with Crippen molar-refractivity contribution in [3.63, 3.8) is 0 Å². The molecular weight excluding hydrogens is 458 g/mol. The highest BCUT2D eigenvalue weighted by molar-refractivity contribution is 6.06. The Hall–Kier alpha value is -3.53. The molecule has 2 aromatic heterocycles. The molecule has 6 rings (SSSR count). The van der Waals surface area contributed by atoms with Crippen molar-refractivity contribution >= 4 is 34.5 Å². The standard InChI is InChI=1S/C26H31N7O3/c1-2-33-22-20(31-23(33)24(34)27-15-17-7-13-36-14-8-17)21(28-16-29-22)32-11-9-26(10-12-32)18-5-3-4-6-19(18)30-25(26)35/h3-6,16-17H,2,7-15H2,1H3,(H,27,34)(H,30,35). The van der Waals surface area contributed by atoms with Gasteiger partial charge in [0.15, 0.2) is 17.0 Å². The lowest BCUT2D eigenvalue weighted by molar-refractivity contribution is -0.121. The number of carbonyl (C=O) groups is 2. The minimum atomic E-state index is -0.503. The average Bonchev–Trinajstić information content (AvgIpc) is 3.43. The molecule has 188 valence electrons. The number of fused-ring (bicyclic) bond motifs is 3. The van der Waals surface area contributed by atoms with Crippen LogP contribution in [0, 0.1) is 5.92 Å². The Labute approximate surface area is 209 Å². The van der Waals surface area contributed by atoms with Gasteiger partial charge in [-0.25, -0.2) is 15.0 Å². The minimum Gasteiger partial charge on any atom is -0.381 e. The predicted molar refractivity (Wildman–Crippen MR) is 135 cm³/mol. The van der Waals surface area contributed by atoms with Crippen LogP contribution in [0.1, 0.15) is 48.8 Å². The number of piperidine rings is 1. The number of hydrogen-bond acceptors (Lipinski definition) is 7. The van der Waals surface area contributed by atoms with Crippen molar-refractivity contribution in [3.05, 3.63) is 42.0 Å². The zero-order chi connectivity index (χ0) is 24.7. The van der Waals surface area contributed by atoms with Gasteiger partial charge in [-0.05, 0) is 50.2 Å². The Kier molecular flexibility index (Phi) is 5.83. The van der Waals surface area contributed by atoms with Gasteiger partial charge in [0.05, 0.1) is 5.41 Å². The summed E-state index contributed by atoms with van der Waals surface area (Å²) in [6, 6.07) is 7.97. The van der Waals surface area contributed by atoms with E-state index in [0.29, 0.717) is 67.7 Å². The van der Waals surface area contributed by atoms with Gasteiger partial charge in [-0.15, -0.1) is 0 Å². The zero-order valence-corrected chi connectivity index (χ0v) is 20.5. The maximum absolute atomic E-state index is 13.1. The van der Waals surface area contributed by atoms with Crippen LogP contribution < -0.4 is 15.5 Å². The molecule has 0 radical (unpaired) electrons. The molecule has 3 aliphatic heterocycles. The Morgan fingerprint density at radius 2 is 1.97 bits per heavy atom. The van der Waals surface area contributed by atoms with Crippen molar-refractivity contribution in [1.29, 1.82) is 0 Å². The van der Waals surface area contributed by atoms with E-state index in [9.17, 15) is 9.59 Å². The number of nitrogens with one attached hydrogen (secondary N) is 2. The van der Waals surface area contributed by atoms with Gasteiger partial charge >= 0.3 is 0 Å². The van der Waals surface area contributed by atoms with Crippen LogP contribution in [0.4, 0.5) is 11.5 Å². The maximum atomic E-state index is 13.1. The Bertz CT molecular complexity index is 1310. The maximum Gasteiger partial charge on any atom is 0.287 e. The van der Waals surface area contributed by atoms with Crippen molar-refractivity contribution < 1.29 is 14.3 Å². The summed E-state index contributed by atoms with van der Waals surface area (Å²) < 4.78 is 7.27. The van der Waals surface area contributed by atoms with Gasteiger partial charge in [0.25, 0.3) is 5.91 Å². The lowest BCUT2D eigenvalue weighted by Gasteiger charge is -2.38. The molecule has 0 atom stereocenters. The molecule has 5 heterocycles. The van der Waals surface area contributed by atoms with Crippen molar-refractivity contribution in [2.75, 3.05) is 43.1 Å². The van der Waals surface area contributed by atoms with Crippen LogP contribution in [0.2, 0.25) is 0 Å². The molecule has 0 aliphatic carbocycles. The number of nitrogens with zero attached hydrogens (tertiary/aromatic N) is 5. The molecule has 10 nitrogen and oxygen atoms in total. The van der Waals surface area contributed by atoms with E-state index in [1.165, 1.54) is 6.33 Å². The highest BCUT2D eigenvalue weighted by atomic mass is 16.5. The number of rotatable bonds is 5. The molecule has 0 saturated carbocycles. The quantitative estimate of drug-likeness (QED) is 0.566. The Morgan fingerprint density at radius 3 is 2.75 bits per heavy atom. The van der Waals surface area contributed by atoms with Crippen LogP contribution in [-0.4, -0.2) is 64.2 Å². The predicted octanol–water partition coefficient (Wildman–Crippen LogP) is 2.49. The molecule has 2 saturated heterocycles. The second kappa shape index (κ2) is 9.16. The molecule has 36 heavy (non-hydrogen) atoms. The van der Waals surface area contributed by atoms with Gasteiger partial charge in [0.1, 0.15) is 6.33 Å². The number of aryl methyl sites for hydroxylation is 1. The van der Waals surface area contributed by atoms with Crippen LogP contribution in [-0.2, 0) is 21.5 Å². The first-order valence-corrected chi connectivity index (χ1v) is 12.8. The molecular formula is C26H31N7O3. The van der Waals surface area contributed by atoms with Crippen molar-refractivity contribution in [1.82, 2.24) is 24.8 Å². The second-order valence-electron chi connectivity index (χ2n) is 9.88. The smallest absolute Gasteiger partial charge is 0.287 e. The normalized spacial score (nSPS) is 19.5. The zero-order valence-electron chi connectivity index (χ0n) is 20.5. The monoisotopic (exact) mass is 489 g/mol. The highest BCUT2D eigenvalue weighted by Gasteiger charge is 2.48. The minimum absolute atomic E-state index is 0.0786. The summed E-state index contributed by atoms with van der Waals surface area (Å²) in [6.07, 6.45) is 4.83. The van der Waals surface area contributed by atoms with Crippen LogP contribution in [0.5, 0.6) is 0 Å². The lowest BCUT2D eigenvalue weighted by atomic mass is 9.73. The molecule has 1 spiro atoms. The van der Waals surface area contributed by atoms with Crippen LogP contribution in [0.3, 0.4) is 0 Å². The molecule has 2 N–H and O–H groups in total. The summed E-state index contributed by atoms with van der Waals surface area (Å²) in [4.78, 5) is 42.0. The number of benzene rings is 1. The van der Waals surface area contributed by atoms with E-state index in [2.05, 4.69) is 31.6 Å². The van der Waals surface area contributed by atoms with E-state index in [0.717, 1.165) is 37.3 Å². The van der Waals surface area contributed by atoms with Crippen molar-refractivity contribution in [2.45, 2.75) is 44.6 Å². The molecule has 3 aromatic rings. The van der Waals surface area contributed by atoms with E-state index >= 15 is 0 Å². The first-order valence-electron chi connectivity index (χ1n) is 12.8. The topological polar surface area (TPSA) is 114 Å². The summed E-state index contributed by atoms with van der Waals surface area (Å²) >= 11 is 0. The number of aromatic nitrogens is 4. The van der Waals surface area contributed by atoms with Gasteiger partial charge in [-0.1, -0.05) is 18.2 Å². The van der Waals surface area contributed by atoms with Gasteiger partial charge in [0, 0.05) is 45.1 Å². The summed E-state index contributed by atoms with van der Waals surface area (Å²) in [5.41, 5.74) is 2.78. The molecule has 0 bridgehead atoms. The highest BCUT2D eigenvalue weighted by Crippen LogP contribution is 2.45. The first kappa shape index (κ1) is 22.9. The van der Waals surface area contributed by atoms with E-state index < -0.39 is 5.41 Å². The number of hydrogen-bond donors (Lipinski definition) is 2. The fourth-order valence-electron chi connectivity index (χ4n) is 5.87. The SMILES string of the molecule is CCn1c(C(=O)NCC2CCOCC2)nc2c(N3CCC4(CC3)C(=O)Nc3ccccc34)ncnc21. The number of anilines is 2. The Morgan fingerprint density at radius 1 is 1.19 bits per heavy atom. The van der Waals surface area contributed by atoms with Crippen molar-refractivity contribution in [2.24, 2.45) is 5.92 Å². The van der Waals surface area contributed by atoms with Crippen molar-refractivity contribution in [3.8, 4) is 0 Å². The van der Waals surface area contributed by atoms with Gasteiger partial charge in [-0.3, -0.25) is 9.59 Å². The number of ether oxygens (including phenoxy) is 1. The lowest BCUT2D eigenvalue weighted by Crippen LogP contribution is -2.46. The molecule has 3 aliphatic rings. The second-order valence-corrected chi connectivity index (χ2v) is 9.88. The fraction of sp³-hybridized carbons (Fsp3) is 0.500. The van der Waals surface area contributed by atoms with E-state index in [4.69, 9.17) is 9.72 Å². The number of imidazole rings is 1. The van der Waals surface area contributed by atoms with Gasteiger partial charge in [-0.2, -0.15) is 0 Å². The average molecular weight is 490 g/mol. The third kappa shape index (κ3) is 3.71. The number of amides is 2. The molecule has 0 unspecified atom stereocenters. The van der Waals surface area contributed by atoms with E-state index in [1.807, 2.05) is 29.7 Å². The van der Waals surface area contributed by atoms with Crippen LogP contribution >= 0.6 is 0 Å². The van der Waals surface area contributed by atoms with Gasteiger partial charge in [0.2, 0.25) is 11.7 Å². The van der Waals surface area contributed by atoms with E-state index in [-0.39, 0.29) is 11.8 Å². The number of carbonyl (C=O) groups excluding carboxylic acids is 2. The summed E-state index contributed by atoms with van der Waals surface area (Å²) in [6.45, 7) is 6.00. The molecule has 1 aromatic carbocycles. The molecule has 2 fully saturated rings. The third-order valence-electron chi connectivity index (χ3n) is 7.97. The van der Waals surface area contributed by atoms with Gasteiger partial charge < -0.3 is 24.8 Å². The first-order chi connectivity index (χ1) is 17.6. The summed E-state index contributed by atoms with van der Waals surface area (Å²) in [7, 11) is 0. The van der Waals surface area contributed by atoms with Crippen LogP contribution in [0.25, 0.3) is 11.2 Å². The Balaban J connectivity index is 1.24. The summed E-state index contributed by atoms with van der Waals surface area (Å²) in [5.74, 6) is 1.39. The van der Waals surface area contributed by atoms with E-state index in [1.54, 1.807) is 0 Å². The summed E-state index contributed by atoms with van der Waals surface area (Å²) in [5, 5.41) is 6.12. The largest absolute Gasteiger partial charge is 0.381 e. The fourth-order valence-corrected chi connectivity index (χ4v) is 5.87. The number of para-hydroxylation sites is 1. The molecule has 10 heteroatoms.